The highest BCUT2D eigenvalue weighted by atomic mass is 16.6. The van der Waals surface area contributed by atoms with Crippen LogP contribution in [-0.2, 0) is 4.74 Å². The van der Waals surface area contributed by atoms with Gasteiger partial charge in [0.2, 0.25) is 0 Å². The predicted octanol–water partition coefficient (Wildman–Crippen LogP) is 2.73. The van der Waals surface area contributed by atoms with E-state index in [9.17, 15) is 4.79 Å². The fourth-order valence-electron chi connectivity index (χ4n) is 2.15. The number of carbonyl (C=O) groups excluding carboxylic acids is 1. The van der Waals surface area contributed by atoms with Crippen molar-refractivity contribution >= 4 is 11.8 Å². The first-order valence-corrected chi connectivity index (χ1v) is 6.65. The lowest BCUT2D eigenvalue weighted by Crippen LogP contribution is -2.35. The molecule has 0 radical (unpaired) electrons. The molecule has 102 valence electrons. The van der Waals surface area contributed by atoms with Crippen LogP contribution in [0, 0.1) is 0 Å². The van der Waals surface area contributed by atoms with E-state index in [4.69, 9.17) is 4.74 Å². The fourth-order valence-corrected chi connectivity index (χ4v) is 2.15. The second-order valence-corrected chi connectivity index (χ2v) is 4.95. The first-order valence-electron chi connectivity index (χ1n) is 6.65. The molecule has 0 unspecified atom stereocenters. The Morgan fingerprint density at radius 1 is 1.26 bits per heavy atom. The molecule has 19 heavy (non-hydrogen) atoms. The second-order valence-electron chi connectivity index (χ2n) is 4.95. The Labute approximate surface area is 114 Å². The average Bonchev–Trinajstić information content (AvgIpc) is 2.42. The van der Waals surface area contributed by atoms with Crippen molar-refractivity contribution in [3.8, 4) is 0 Å². The molecular weight excluding hydrogens is 240 g/mol. The van der Waals surface area contributed by atoms with Crippen molar-refractivity contribution in [1.29, 1.82) is 0 Å². The molecule has 1 fully saturated rings. The zero-order chi connectivity index (χ0) is 13.7. The second kappa shape index (κ2) is 6.48. The molecule has 1 saturated heterocycles. The summed E-state index contributed by atoms with van der Waals surface area (Å²) in [5.74, 6) is 0. The third kappa shape index (κ3) is 4.17. The molecule has 4 heteroatoms. The monoisotopic (exact) mass is 260 g/mol. The highest BCUT2D eigenvalue weighted by Crippen LogP contribution is 2.13. The molecule has 0 bridgehead atoms. The van der Waals surface area contributed by atoms with Crippen LogP contribution in [0.4, 0.5) is 4.79 Å². The number of ether oxygens (including phenoxy) is 1. The van der Waals surface area contributed by atoms with Crippen LogP contribution >= 0.6 is 0 Å². The summed E-state index contributed by atoms with van der Waals surface area (Å²) >= 11 is 0. The summed E-state index contributed by atoms with van der Waals surface area (Å²) in [6.07, 6.45) is 1.32. The Hall–Kier alpha value is -1.68. The minimum Gasteiger partial charge on any atom is -0.445 e. The minimum atomic E-state index is -0.476. The molecule has 0 spiro atoms. The molecule has 0 N–H and O–H groups in total. The first-order chi connectivity index (χ1) is 9.15. The number of hydrogen-bond acceptors (Lipinski definition) is 3. The Morgan fingerprint density at radius 2 is 1.89 bits per heavy atom. The largest absolute Gasteiger partial charge is 0.445 e. The van der Waals surface area contributed by atoms with Gasteiger partial charge in [0.25, 0.3) is 0 Å². The van der Waals surface area contributed by atoms with Crippen LogP contribution in [0.15, 0.2) is 35.3 Å². The molecule has 1 heterocycles. The standard InChI is InChI=1S/C15H20N2O2/c1-12(13-6-4-3-5-7-13)16-15(18)19-14-8-10-17(2)11-9-14/h3-7,14H,8-11H2,1-2H3/b16-12-. The van der Waals surface area contributed by atoms with Crippen molar-refractivity contribution in [2.45, 2.75) is 25.9 Å². The summed E-state index contributed by atoms with van der Waals surface area (Å²) in [6, 6.07) is 9.66. The number of hydrogen-bond donors (Lipinski definition) is 0. The maximum atomic E-state index is 11.8. The molecule has 0 aliphatic carbocycles. The van der Waals surface area contributed by atoms with E-state index in [-0.39, 0.29) is 6.10 Å². The molecule has 1 aromatic rings. The molecule has 1 aliphatic rings. The molecule has 1 amide bonds. The summed E-state index contributed by atoms with van der Waals surface area (Å²) in [5.41, 5.74) is 1.64. The van der Waals surface area contributed by atoms with Crippen LogP contribution in [0.3, 0.4) is 0 Å². The summed E-state index contributed by atoms with van der Waals surface area (Å²) < 4.78 is 5.38. The van der Waals surface area contributed by atoms with Gasteiger partial charge in [-0.1, -0.05) is 30.3 Å². The zero-order valence-corrected chi connectivity index (χ0v) is 11.5. The molecule has 4 nitrogen and oxygen atoms in total. The number of benzene rings is 1. The molecule has 1 aromatic carbocycles. The van der Waals surface area contributed by atoms with E-state index in [0.717, 1.165) is 31.5 Å². The lowest BCUT2D eigenvalue weighted by Gasteiger charge is -2.27. The Balaban J connectivity index is 1.90. The van der Waals surface area contributed by atoms with Crippen LogP contribution < -0.4 is 0 Å². The molecule has 0 atom stereocenters. The van der Waals surface area contributed by atoms with E-state index in [1.807, 2.05) is 37.3 Å². The summed E-state index contributed by atoms with van der Waals surface area (Å²) in [6.45, 7) is 3.77. The molecule has 0 saturated carbocycles. The van der Waals surface area contributed by atoms with Crippen LogP contribution in [0.2, 0.25) is 0 Å². The fraction of sp³-hybridized carbons (Fsp3) is 0.467. The third-order valence-electron chi connectivity index (χ3n) is 3.38. The third-order valence-corrected chi connectivity index (χ3v) is 3.38. The van der Waals surface area contributed by atoms with Crippen molar-refractivity contribution in [2.24, 2.45) is 4.99 Å². The zero-order valence-electron chi connectivity index (χ0n) is 11.5. The molecule has 0 aromatic heterocycles. The van der Waals surface area contributed by atoms with E-state index < -0.39 is 6.09 Å². The van der Waals surface area contributed by atoms with E-state index in [1.54, 1.807) is 0 Å². The van der Waals surface area contributed by atoms with Gasteiger partial charge in [-0.25, -0.2) is 4.79 Å². The van der Waals surface area contributed by atoms with Crippen LogP contribution in [0.5, 0.6) is 0 Å². The van der Waals surface area contributed by atoms with E-state index in [1.165, 1.54) is 0 Å². The highest BCUT2D eigenvalue weighted by molar-refractivity contribution is 6.03. The number of amides is 1. The lowest BCUT2D eigenvalue weighted by molar-refractivity contribution is 0.0636. The van der Waals surface area contributed by atoms with Gasteiger partial charge >= 0.3 is 6.09 Å². The molecular formula is C15H20N2O2. The number of piperidine rings is 1. The van der Waals surface area contributed by atoms with Gasteiger partial charge < -0.3 is 9.64 Å². The van der Waals surface area contributed by atoms with Crippen molar-refractivity contribution in [3.05, 3.63) is 35.9 Å². The number of likely N-dealkylation sites (tertiary alicyclic amines) is 1. The number of nitrogens with zero attached hydrogens (tertiary/aromatic N) is 2. The quantitative estimate of drug-likeness (QED) is 0.768. The van der Waals surface area contributed by atoms with Gasteiger partial charge in [-0.3, -0.25) is 0 Å². The smallest absolute Gasteiger partial charge is 0.434 e. The van der Waals surface area contributed by atoms with Gasteiger partial charge in [0.05, 0.1) is 5.71 Å². The summed E-state index contributed by atoms with van der Waals surface area (Å²) in [5, 5.41) is 0. The average molecular weight is 260 g/mol. The van der Waals surface area contributed by atoms with Gasteiger partial charge in [-0.15, -0.1) is 0 Å². The van der Waals surface area contributed by atoms with Gasteiger partial charge in [-0.05, 0) is 32.4 Å². The van der Waals surface area contributed by atoms with Crippen molar-refractivity contribution in [1.82, 2.24) is 4.90 Å². The van der Waals surface area contributed by atoms with Gasteiger partial charge in [-0.2, -0.15) is 4.99 Å². The predicted molar refractivity (Wildman–Crippen MR) is 75.7 cm³/mol. The number of aliphatic imine (C=N–C) groups is 1. The Kier molecular flexibility index (Phi) is 4.68. The maximum absolute atomic E-state index is 11.8. The SMILES string of the molecule is C/C(=N/C(=O)OC1CCN(C)CC1)c1ccccc1. The Bertz CT molecular complexity index is 448. The van der Waals surface area contributed by atoms with Gasteiger partial charge in [0, 0.05) is 13.1 Å². The maximum Gasteiger partial charge on any atom is 0.434 e. The minimum absolute atomic E-state index is 0.0102. The van der Waals surface area contributed by atoms with E-state index in [2.05, 4.69) is 16.9 Å². The number of rotatable bonds is 2. The highest BCUT2D eigenvalue weighted by Gasteiger charge is 2.20. The molecule has 1 aliphatic heterocycles. The number of carbonyl (C=O) groups is 1. The van der Waals surface area contributed by atoms with E-state index >= 15 is 0 Å². The summed E-state index contributed by atoms with van der Waals surface area (Å²) in [7, 11) is 2.08. The summed E-state index contributed by atoms with van der Waals surface area (Å²) in [4.78, 5) is 18.0. The van der Waals surface area contributed by atoms with Crippen molar-refractivity contribution in [3.63, 3.8) is 0 Å². The normalized spacial score (nSPS) is 18.3. The van der Waals surface area contributed by atoms with Crippen molar-refractivity contribution in [2.75, 3.05) is 20.1 Å². The molecule has 2 rings (SSSR count). The van der Waals surface area contributed by atoms with Crippen molar-refractivity contribution < 1.29 is 9.53 Å². The Morgan fingerprint density at radius 3 is 2.53 bits per heavy atom. The van der Waals surface area contributed by atoms with E-state index in [0.29, 0.717) is 5.71 Å². The topological polar surface area (TPSA) is 41.9 Å². The van der Waals surface area contributed by atoms with Crippen LogP contribution in [-0.4, -0.2) is 42.9 Å². The van der Waals surface area contributed by atoms with Crippen LogP contribution in [0.25, 0.3) is 0 Å². The lowest BCUT2D eigenvalue weighted by atomic mass is 10.1. The van der Waals surface area contributed by atoms with Gasteiger partial charge in [0.1, 0.15) is 6.10 Å². The van der Waals surface area contributed by atoms with Gasteiger partial charge in [0.15, 0.2) is 0 Å². The van der Waals surface area contributed by atoms with Crippen LogP contribution in [0.1, 0.15) is 25.3 Å². The first kappa shape index (κ1) is 13.7.